The average Bonchev–Trinajstić information content (AvgIpc) is 2.81. The van der Waals surface area contributed by atoms with E-state index in [0.717, 1.165) is 24.5 Å². The Morgan fingerprint density at radius 1 is 1.33 bits per heavy atom. The Balaban J connectivity index is 1.73. The Labute approximate surface area is 106 Å². The lowest BCUT2D eigenvalue weighted by Gasteiger charge is -2.07. The van der Waals surface area contributed by atoms with E-state index in [0.29, 0.717) is 12.3 Å². The Kier molecular flexibility index (Phi) is 4.30. The number of aliphatic hydroxyl groups excluding tert-OH is 1. The van der Waals surface area contributed by atoms with Crippen LogP contribution in [0.2, 0.25) is 0 Å². The van der Waals surface area contributed by atoms with Gasteiger partial charge in [-0.3, -0.25) is 4.98 Å². The molecule has 0 fully saturated rings. The molecule has 0 saturated carbocycles. The third-order valence-electron chi connectivity index (χ3n) is 2.70. The van der Waals surface area contributed by atoms with Gasteiger partial charge in [-0.1, -0.05) is 0 Å². The zero-order chi connectivity index (χ0) is 12.8. The van der Waals surface area contributed by atoms with Crippen molar-refractivity contribution in [1.82, 2.24) is 14.5 Å². The Hall–Kier alpha value is -1.88. The molecule has 1 N–H and O–H groups in total. The molecule has 0 atom stereocenters. The van der Waals surface area contributed by atoms with Gasteiger partial charge in [0.15, 0.2) is 0 Å². The Morgan fingerprint density at radius 2 is 2.22 bits per heavy atom. The molecule has 0 unspecified atom stereocenters. The molecule has 5 heteroatoms. The highest BCUT2D eigenvalue weighted by molar-refractivity contribution is 5.19. The van der Waals surface area contributed by atoms with E-state index in [2.05, 4.69) is 14.5 Å². The van der Waals surface area contributed by atoms with Crippen molar-refractivity contribution >= 4 is 0 Å². The SMILES string of the molecule is Cc1nccn1CCCOc1ccc(CO)nc1. The maximum absolute atomic E-state index is 8.86. The zero-order valence-corrected chi connectivity index (χ0v) is 10.4. The van der Waals surface area contributed by atoms with Gasteiger partial charge in [0, 0.05) is 18.9 Å². The molecule has 2 heterocycles. The summed E-state index contributed by atoms with van der Waals surface area (Å²) < 4.78 is 7.66. The molecular formula is C13H17N3O2. The maximum Gasteiger partial charge on any atom is 0.137 e. The van der Waals surface area contributed by atoms with Crippen LogP contribution >= 0.6 is 0 Å². The van der Waals surface area contributed by atoms with E-state index < -0.39 is 0 Å². The number of aliphatic hydroxyl groups is 1. The normalized spacial score (nSPS) is 10.6. The summed E-state index contributed by atoms with van der Waals surface area (Å²) in [4.78, 5) is 8.21. The fourth-order valence-corrected chi connectivity index (χ4v) is 1.65. The molecule has 2 aromatic rings. The van der Waals surface area contributed by atoms with Crippen LogP contribution in [0, 0.1) is 6.92 Å². The van der Waals surface area contributed by atoms with Crippen molar-refractivity contribution < 1.29 is 9.84 Å². The van der Waals surface area contributed by atoms with E-state index in [9.17, 15) is 0 Å². The molecule has 18 heavy (non-hydrogen) atoms. The molecule has 0 radical (unpaired) electrons. The molecule has 0 aromatic carbocycles. The van der Waals surface area contributed by atoms with Gasteiger partial charge in [-0.25, -0.2) is 4.98 Å². The van der Waals surface area contributed by atoms with Gasteiger partial charge in [-0.05, 0) is 25.5 Å². The van der Waals surface area contributed by atoms with E-state index >= 15 is 0 Å². The predicted octanol–water partition coefficient (Wildman–Crippen LogP) is 1.55. The number of hydrogen-bond acceptors (Lipinski definition) is 4. The summed E-state index contributed by atoms with van der Waals surface area (Å²) in [6.07, 6.45) is 6.31. The molecule has 0 aliphatic carbocycles. The zero-order valence-electron chi connectivity index (χ0n) is 10.4. The van der Waals surface area contributed by atoms with Crippen molar-refractivity contribution in [3.8, 4) is 5.75 Å². The first-order chi connectivity index (χ1) is 8.79. The minimum atomic E-state index is -0.0415. The predicted molar refractivity (Wildman–Crippen MR) is 67.2 cm³/mol. The third-order valence-corrected chi connectivity index (χ3v) is 2.70. The summed E-state index contributed by atoms with van der Waals surface area (Å²) in [6.45, 7) is 3.48. The molecule has 96 valence electrons. The number of rotatable bonds is 6. The largest absolute Gasteiger partial charge is 0.492 e. The molecule has 0 amide bonds. The van der Waals surface area contributed by atoms with E-state index in [1.165, 1.54) is 0 Å². The van der Waals surface area contributed by atoms with E-state index in [4.69, 9.17) is 9.84 Å². The summed E-state index contributed by atoms with van der Waals surface area (Å²) in [7, 11) is 0. The topological polar surface area (TPSA) is 60.2 Å². The first-order valence-electron chi connectivity index (χ1n) is 5.96. The van der Waals surface area contributed by atoms with Crippen LogP contribution in [0.1, 0.15) is 17.9 Å². The maximum atomic E-state index is 8.86. The Morgan fingerprint density at radius 3 is 2.83 bits per heavy atom. The average molecular weight is 247 g/mol. The molecule has 2 rings (SSSR count). The van der Waals surface area contributed by atoms with Crippen molar-refractivity contribution in [1.29, 1.82) is 0 Å². The van der Waals surface area contributed by atoms with Crippen molar-refractivity contribution in [2.75, 3.05) is 6.61 Å². The molecule has 0 aliphatic rings. The highest BCUT2D eigenvalue weighted by Gasteiger charge is 1.98. The van der Waals surface area contributed by atoms with E-state index in [1.807, 2.05) is 19.2 Å². The summed E-state index contributed by atoms with van der Waals surface area (Å²) in [5.74, 6) is 1.75. The number of ether oxygens (including phenoxy) is 1. The summed E-state index contributed by atoms with van der Waals surface area (Å²) in [5, 5.41) is 8.86. The molecule has 5 nitrogen and oxygen atoms in total. The number of nitrogens with zero attached hydrogens (tertiary/aromatic N) is 3. The lowest BCUT2D eigenvalue weighted by molar-refractivity contribution is 0.275. The van der Waals surface area contributed by atoms with Gasteiger partial charge in [-0.2, -0.15) is 0 Å². The van der Waals surface area contributed by atoms with Crippen LogP contribution in [0.4, 0.5) is 0 Å². The van der Waals surface area contributed by atoms with Gasteiger partial charge in [0.2, 0.25) is 0 Å². The van der Waals surface area contributed by atoms with Gasteiger partial charge < -0.3 is 14.4 Å². The molecule has 0 bridgehead atoms. The molecule has 0 aliphatic heterocycles. The number of hydrogen-bond donors (Lipinski definition) is 1. The smallest absolute Gasteiger partial charge is 0.137 e. The molecule has 2 aromatic heterocycles. The fourth-order valence-electron chi connectivity index (χ4n) is 1.65. The van der Waals surface area contributed by atoms with Gasteiger partial charge >= 0.3 is 0 Å². The van der Waals surface area contributed by atoms with Crippen LogP contribution < -0.4 is 4.74 Å². The minimum Gasteiger partial charge on any atom is -0.492 e. The van der Waals surface area contributed by atoms with Crippen molar-refractivity contribution in [3.63, 3.8) is 0 Å². The van der Waals surface area contributed by atoms with Crippen molar-refractivity contribution in [2.45, 2.75) is 26.5 Å². The number of imidazole rings is 1. The summed E-state index contributed by atoms with van der Waals surface area (Å²) >= 11 is 0. The second kappa shape index (κ2) is 6.16. The molecule has 0 spiro atoms. The van der Waals surface area contributed by atoms with E-state index in [1.54, 1.807) is 18.5 Å². The minimum absolute atomic E-state index is 0.0415. The second-order valence-electron chi connectivity index (χ2n) is 4.01. The fraction of sp³-hybridized carbons (Fsp3) is 0.385. The van der Waals surface area contributed by atoms with E-state index in [-0.39, 0.29) is 6.61 Å². The lowest BCUT2D eigenvalue weighted by atomic mass is 10.3. The number of pyridine rings is 1. The Bertz CT molecular complexity index is 479. The van der Waals surface area contributed by atoms with Gasteiger partial charge in [0.25, 0.3) is 0 Å². The van der Waals surface area contributed by atoms with Crippen molar-refractivity contribution in [3.05, 3.63) is 42.2 Å². The third kappa shape index (κ3) is 3.30. The van der Waals surface area contributed by atoms with Crippen LogP contribution in [0.5, 0.6) is 5.75 Å². The van der Waals surface area contributed by atoms with Crippen LogP contribution in [0.3, 0.4) is 0 Å². The van der Waals surface area contributed by atoms with Gasteiger partial charge in [-0.15, -0.1) is 0 Å². The summed E-state index contributed by atoms with van der Waals surface area (Å²) in [6, 6.07) is 3.58. The number of aromatic nitrogens is 3. The number of aryl methyl sites for hydroxylation is 2. The first-order valence-corrected chi connectivity index (χ1v) is 5.96. The van der Waals surface area contributed by atoms with Crippen molar-refractivity contribution in [2.24, 2.45) is 0 Å². The van der Waals surface area contributed by atoms with Crippen LogP contribution in [0.25, 0.3) is 0 Å². The van der Waals surface area contributed by atoms with Crippen LogP contribution in [-0.4, -0.2) is 26.2 Å². The standard InChI is InChI=1S/C13H17N3O2/c1-11-14-5-7-16(11)6-2-8-18-13-4-3-12(10-17)15-9-13/h3-5,7,9,17H,2,6,8,10H2,1H3. The van der Waals surface area contributed by atoms with Gasteiger partial charge in [0.05, 0.1) is 25.1 Å². The lowest BCUT2D eigenvalue weighted by Crippen LogP contribution is -2.05. The summed E-state index contributed by atoms with van der Waals surface area (Å²) in [5.41, 5.74) is 0.649. The van der Waals surface area contributed by atoms with Crippen LogP contribution in [-0.2, 0) is 13.2 Å². The highest BCUT2D eigenvalue weighted by Crippen LogP contribution is 2.09. The second-order valence-corrected chi connectivity index (χ2v) is 4.01. The quantitative estimate of drug-likeness (QED) is 0.787. The van der Waals surface area contributed by atoms with Gasteiger partial charge in [0.1, 0.15) is 11.6 Å². The monoisotopic (exact) mass is 247 g/mol. The first kappa shape index (κ1) is 12.6. The highest BCUT2D eigenvalue weighted by atomic mass is 16.5. The molecular weight excluding hydrogens is 230 g/mol. The molecule has 0 saturated heterocycles. The van der Waals surface area contributed by atoms with Crippen LogP contribution in [0.15, 0.2) is 30.7 Å².